The predicted molar refractivity (Wildman–Crippen MR) is 81.7 cm³/mol. The molecule has 0 bridgehead atoms. The molecule has 0 aliphatic carbocycles. The highest BCUT2D eigenvalue weighted by Crippen LogP contribution is 2.27. The minimum absolute atomic E-state index is 0.199. The number of hydrogen-bond donors (Lipinski definition) is 1. The van der Waals surface area contributed by atoms with Crippen LogP contribution in [-0.4, -0.2) is 21.4 Å². The summed E-state index contributed by atoms with van der Waals surface area (Å²) in [7, 11) is 1.59. The van der Waals surface area contributed by atoms with Crippen molar-refractivity contribution >= 4 is 46.6 Å². The summed E-state index contributed by atoms with van der Waals surface area (Å²) in [6.07, 6.45) is -0.217. The summed E-state index contributed by atoms with van der Waals surface area (Å²) in [6, 6.07) is 5.98. The van der Waals surface area contributed by atoms with E-state index in [1.165, 1.54) is 28.8 Å². The van der Waals surface area contributed by atoms with Crippen LogP contribution in [0.25, 0.3) is 0 Å². The molecule has 0 spiro atoms. The van der Waals surface area contributed by atoms with Crippen LogP contribution in [0.4, 0.5) is 0 Å². The van der Waals surface area contributed by atoms with E-state index in [1.54, 1.807) is 7.05 Å². The number of aromatic nitrogens is 1. The highest BCUT2D eigenvalue weighted by Gasteiger charge is 2.21. The van der Waals surface area contributed by atoms with Gasteiger partial charge in [0.05, 0.1) is 21.5 Å². The van der Waals surface area contributed by atoms with Crippen LogP contribution >= 0.6 is 34.8 Å². The van der Waals surface area contributed by atoms with E-state index in [2.05, 4.69) is 0 Å². The van der Waals surface area contributed by atoms with Gasteiger partial charge in [-0.2, -0.15) is 0 Å². The number of carbonyl (C=O) groups excluding carboxylic acids is 1. The number of aliphatic carboxylic acids is 1. The molecule has 0 aliphatic heterocycles. The van der Waals surface area contributed by atoms with Gasteiger partial charge in [-0.1, -0.05) is 34.8 Å². The molecule has 0 fully saturated rings. The van der Waals surface area contributed by atoms with Gasteiger partial charge in [-0.05, 0) is 24.3 Å². The third kappa shape index (κ3) is 3.23. The lowest BCUT2D eigenvalue weighted by Gasteiger charge is -2.07. The first-order chi connectivity index (χ1) is 9.81. The van der Waals surface area contributed by atoms with E-state index in [4.69, 9.17) is 39.9 Å². The first kappa shape index (κ1) is 15.9. The molecule has 7 heteroatoms. The molecule has 2 rings (SSSR count). The first-order valence-corrected chi connectivity index (χ1v) is 7.00. The van der Waals surface area contributed by atoms with Crippen molar-refractivity contribution in [1.29, 1.82) is 0 Å². The van der Waals surface area contributed by atoms with Crippen molar-refractivity contribution in [2.45, 2.75) is 6.42 Å². The van der Waals surface area contributed by atoms with Crippen LogP contribution in [0.15, 0.2) is 24.3 Å². The molecule has 0 aliphatic rings. The van der Waals surface area contributed by atoms with Crippen LogP contribution in [0.3, 0.4) is 0 Å². The van der Waals surface area contributed by atoms with Gasteiger partial charge in [-0.15, -0.1) is 0 Å². The smallest absolute Gasteiger partial charge is 0.309 e. The van der Waals surface area contributed by atoms with Crippen LogP contribution in [0.2, 0.25) is 15.1 Å². The summed E-state index contributed by atoms with van der Waals surface area (Å²) in [4.78, 5) is 23.3. The second-order valence-electron chi connectivity index (χ2n) is 4.42. The highest BCUT2D eigenvalue weighted by atomic mass is 35.5. The topological polar surface area (TPSA) is 59.3 Å². The largest absolute Gasteiger partial charge is 0.481 e. The van der Waals surface area contributed by atoms with Crippen LogP contribution in [0.1, 0.15) is 21.7 Å². The zero-order valence-electron chi connectivity index (χ0n) is 10.9. The van der Waals surface area contributed by atoms with E-state index in [0.717, 1.165) is 0 Å². The Morgan fingerprint density at radius 1 is 1.10 bits per heavy atom. The number of halogens is 3. The van der Waals surface area contributed by atoms with Crippen molar-refractivity contribution in [3.05, 3.63) is 56.3 Å². The summed E-state index contributed by atoms with van der Waals surface area (Å²) in [6.45, 7) is 0. The number of rotatable bonds is 4. The molecule has 0 atom stereocenters. The molecule has 1 aromatic heterocycles. The van der Waals surface area contributed by atoms with Gasteiger partial charge in [0.25, 0.3) is 0 Å². The first-order valence-electron chi connectivity index (χ1n) is 5.87. The van der Waals surface area contributed by atoms with E-state index in [1.807, 2.05) is 0 Å². The molecular formula is C14H10Cl3NO3. The standard InChI is InChI=1S/C14H10Cl3NO3/c1-18-8(6-12(19)20)5-11(17)13(18)14(21)7-2-3-9(15)10(16)4-7/h2-5H,6H2,1H3,(H,19,20). The maximum Gasteiger partial charge on any atom is 0.309 e. The van der Waals surface area contributed by atoms with Crippen LogP contribution in [0.5, 0.6) is 0 Å². The molecule has 2 aromatic rings. The van der Waals surface area contributed by atoms with Gasteiger partial charge < -0.3 is 9.67 Å². The number of ketones is 1. The fourth-order valence-electron chi connectivity index (χ4n) is 1.97. The van der Waals surface area contributed by atoms with Crippen LogP contribution in [0, 0.1) is 0 Å². The van der Waals surface area contributed by atoms with E-state index in [-0.39, 0.29) is 27.9 Å². The zero-order chi connectivity index (χ0) is 15.7. The molecular weight excluding hydrogens is 337 g/mol. The zero-order valence-corrected chi connectivity index (χ0v) is 13.1. The fourth-order valence-corrected chi connectivity index (χ4v) is 2.61. The average molecular weight is 347 g/mol. The number of benzene rings is 1. The van der Waals surface area contributed by atoms with Crippen molar-refractivity contribution < 1.29 is 14.7 Å². The lowest BCUT2D eigenvalue weighted by atomic mass is 10.1. The molecule has 1 N–H and O–H groups in total. The van der Waals surface area contributed by atoms with Gasteiger partial charge >= 0.3 is 5.97 Å². The van der Waals surface area contributed by atoms with Crippen molar-refractivity contribution in [2.75, 3.05) is 0 Å². The van der Waals surface area contributed by atoms with Gasteiger partial charge in [0.1, 0.15) is 5.69 Å². The Morgan fingerprint density at radius 3 is 2.33 bits per heavy atom. The summed E-state index contributed by atoms with van der Waals surface area (Å²) in [5, 5.41) is 9.65. The molecule has 0 amide bonds. The molecule has 0 saturated heterocycles. The lowest BCUT2D eigenvalue weighted by Crippen LogP contribution is -2.12. The number of carboxylic acids is 1. The average Bonchev–Trinajstić information content (AvgIpc) is 2.66. The summed E-state index contributed by atoms with van der Waals surface area (Å²) < 4.78 is 1.47. The number of carboxylic acid groups (broad SMARTS) is 1. The van der Waals surface area contributed by atoms with E-state index >= 15 is 0 Å². The highest BCUT2D eigenvalue weighted by molar-refractivity contribution is 6.42. The second kappa shape index (κ2) is 6.10. The Balaban J connectivity index is 2.46. The number of nitrogens with zero attached hydrogens (tertiary/aromatic N) is 1. The van der Waals surface area contributed by atoms with E-state index in [9.17, 15) is 9.59 Å². The van der Waals surface area contributed by atoms with Gasteiger partial charge in [-0.3, -0.25) is 9.59 Å². The molecule has 110 valence electrons. The van der Waals surface area contributed by atoms with Gasteiger partial charge in [-0.25, -0.2) is 0 Å². The SMILES string of the molecule is Cn1c(CC(=O)O)cc(Cl)c1C(=O)c1ccc(Cl)c(Cl)c1. The van der Waals surface area contributed by atoms with Gasteiger partial charge in [0.15, 0.2) is 0 Å². The lowest BCUT2D eigenvalue weighted by molar-refractivity contribution is -0.136. The predicted octanol–water partition coefficient (Wildman–Crippen LogP) is 3.84. The molecule has 1 heterocycles. The minimum Gasteiger partial charge on any atom is -0.481 e. The van der Waals surface area contributed by atoms with Gasteiger partial charge in [0, 0.05) is 18.3 Å². The van der Waals surface area contributed by atoms with Crippen molar-refractivity contribution in [1.82, 2.24) is 4.57 Å². The van der Waals surface area contributed by atoms with Crippen molar-refractivity contribution in [2.24, 2.45) is 7.05 Å². The Labute approximate surface area is 135 Å². The monoisotopic (exact) mass is 345 g/mol. The molecule has 4 nitrogen and oxygen atoms in total. The van der Waals surface area contributed by atoms with Crippen molar-refractivity contribution in [3.8, 4) is 0 Å². The number of carbonyl (C=O) groups is 2. The van der Waals surface area contributed by atoms with Gasteiger partial charge in [0.2, 0.25) is 5.78 Å². The third-order valence-electron chi connectivity index (χ3n) is 3.01. The summed E-state index contributed by atoms with van der Waals surface area (Å²) >= 11 is 17.8. The van der Waals surface area contributed by atoms with E-state index < -0.39 is 5.97 Å². The molecule has 1 aromatic carbocycles. The van der Waals surface area contributed by atoms with Crippen LogP contribution in [-0.2, 0) is 18.3 Å². The maximum atomic E-state index is 12.5. The Hall–Kier alpha value is -1.49. The quantitative estimate of drug-likeness (QED) is 0.856. The summed E-state index contributed by atoms with van der Waals surface area (Å²) in [5.74, 6) is -1.35. The number of hydrogen-bond acceptors (Lipinski definition) is 2. The maximum absolute atomic E-state index is 12.5. The Bertz CT molecular complexity index is 737. The van der Waals surface area contributed by atoms with E-state index in [0.29, 0.717) is 16.3 Å². The summed E-state index contributed by atoms with van der Waals surface area (Å²) in [5.41, 5.74) is 0.983. The molecule has 0 saturated carbocycles. The van der Waals surface area contributed by atoms with Crippen LogP contribution < -0.4 is 0 Å². The third-order valence-corrected chi connectivity index (χ3v) is 4.04. The second-order valence-corrected chi connectivity index (χ2v) is 5.64. The normalized spacial score (nSPS) is 10.7. The Morgan fingerprint density at radius 2 is 1.76 bits per heavy atom. The molecule has 0 unspecified atom stereocenters. The minimum atomic E-state index is -0.999. The Kier molecular flexibility index (Phi) is 4.61. The molecule has 0 radical (unpaired) electrons. The molecule has 21 heavy (non-hydrogen) atoms. The van der Waals surface area contributed by atoms with Crippen molar-refractivity contribution in [3.63, 3.8) is 0 Å². The fraction of sp³-hybridized carbons (Fsp3) is 0.143.